The Morgan fingerprint density at radius 2 is 1.94 bits per heavy atom. The molecule has 1 aliphatic carbocycles. The Bertz CT molecular complexity index is 440. The Morgan fingerprint density at radius 3 is 2.35 bits per heavy atom. The maximum absolute atomic E-state index is 12.5. The van der Waals surface area contributed by atoms with Crippen LogP contribution in [0.5, 0.6) is 0 Å². The predicted molar refractivity (Wildman–Crippen MR) is 65.0 cm³/mol. The standard InChI is InChI=1S/C12H13BrF3N/c1-11(2)6-10(11)17-9-4-3-7(5-8(9)13)12(14,15)16/h3-5,10,17H,6H2,1-2H3. The fraction of sp³-hybridized carbons (Fsp3) is 0.500. The SMILES string of the molecule is CC1(C)CC1Nc1ccc(C(F)(F)F)cc1Br. The van der Waals surface area contributed by atoms with Gasteiger partial charge in [0, 0.05) is 16.2 Å². The summed E-state index contributed by atoms with van der Waals surface area (Å²) in [7, 11) is 0. The number of hydrogen-bond acceptors (Lipinski definition) is 1. The topological polar surface area (TPSA) is 12.0 Å². The Hall–Kier alpha value is -0.710. The van der Waals surface area contributed by atoms with Crippen molar-refractivity contribution in [2.24, 2.45) is 5.41 Å². The zero-order chi connectivity index (χ0) is 12.8. The van der Waals surface area contributed by atoms with Crippen LogP contribution in [0.3, 0.4) is 0 Å². The van der Waals surface area contributed by atoms with Gasteiger partial charge in [-0.15, -0.1) is 0 Å². The third-order valence-corrected chi connectivity index (χ3v) is 3.80. The number of rotatable bonds is 2. The van der Waals surface area contributed by atoms with E-state index in [1.54, 1.807) is 0 Å². The lowest BCUT2D eigenvalue weighted by atomic mass is 10.1. The third kappa shape index (κ3) is 2.76. The Balaban J connectivity index is 2.16. The predicted octanol–water partition coefficient (Wildman–Crippen LogP) is 4.68. The molecule has 0 saturated heterocycles. The number of halogens is 4. The van der Waals surface area contributed by atoms with Crippen molar-refractivity contribution in [3.8, 4) is 0 Å². The summed E-state index contributed by atoms with van der Waals surface area (Å²) >= 11 is 3.17. The average Bonchev–Trinajstić information content (AvgIpc) is 2.75. The van der Waals surface area contributed by atoms with Gasteiger partial charge >= 0.3 is 6.18 Å². The van der Waals surface area contributed by atoms with Gasteiger partial charge in [-0.05, 0) is 46.0 Å². The highest BCUT2D eigenvalue weighted by atomic mass is 79.9. The molecule has 1 saturated carbocycles. The molecule has 0 radical (unpaired) electrons. The molecule has 5 heteroatoms. The highest BCUT2D eigenvalue weighted by Gasteiger charge is 2.45. The van der Waals surface area contributed by atoms with E-state index in [1.165, 1.54) is 6.07 Å². The molecule has 1 nitrogen and oxygen atoms in total. The summed E-state index contributed by atoms with van der Waals surface area (Å²) in [5.74, 6) is 0. The normalized spacial score (nSPS) is 22.4. The van der Waals surface area contributed by atoms with Crippen molar-refractivity contribution >= 4 is 21.6 Å². The minimum Gasteiger partial charge on any atom is -0.381 e. The highest BCUT2D eigenvalue weighted by Crippen LogP contribution is 2.47. The smallest absolute Gasteiger partial charge is 0.381 e. The first-order valence-electron chi connectivity index (χ1n) is 5.33. The summed E-state index contributed by atoms with van der Waals surface area (Å²) in [6, 6.07) is 4.03. The molecule has 1 N–H and O–H groups in total. The van der Waals surface area contributed by atoms with Crippen molar-refractivity contribution in [1.82, 2.24) is 0 Å². The van der Waals surface area contributed by atoms with Gasteiger partial charge in [0.1, 0.15) is 0 Å². The summed E-state index contributed by atoms with van der Waals surface area (Å²) in [5.41, 5.74) is 0.320. The summed E-state index contributed by atoms with van der Waals surface area (Å²) in [4.78, 5) is 0. The van der Waals surface area contributed by atoms with E-state index in [-0.39, 0.29) is 5.41 Å². The number of benzene rings is 1. The monoisotopic (exact) mass is 307 g/mol. The van der Waals surface area contributed by atoms with Crippen LogP contribution in [0, 0.1) is 5.41 Å². The van der Waals surface area contributed by atoms with Crippen molar-refractivity contribution in [2.75, 3.05) is 5.32 Å². The number of alkyl halides is 3. The second-order valence-corrected chi connectivity index (χ2v) is 5.94. The van der Waals surface area contributed by atoms with E-state index >= 15 is 0 Å². The average molecular weight is 308 g/mol. The van der Waals surface area contributed by atoms with Gasteiger partial charge in [-0.25, -0.2) is 0 Å². The molecule has 17 heavy (non-hydrogen) atoms. The van der Waals surface area contributed by atoms with Crippen molar-refractivity contribution in [3.63, 3.8) is 0 Å². The number of nitrogens with one attached hydrogen (secondary N) is 1. The van der Waals surface area contributed by atoms with E-state index in [2.05, 4.69) is 35.1 Å². The van der Waals surface area contributed by atoms with Crippen LogP contribution in [0.25, 0.3) is 0 Å². The molecule has 0 aliphatic heterocycles. The van der Waals surface area contributed by atoms with Gasteiger partial charge in [0.2, 0.25) is 0 Å². The second-order valence-electron chi connectivity index (χ2n) is 5.08. The fourth-order valence-corrected chi connectivity index (χ4v) is 2.20. The first kappa shape index (κ1) is 12.7. The van der Waals surface area contributed by atoms with Crippen LogP contribution >= 0.6 is 15.9 Å². The van der Waals surface area contributed by atoms with Crippen LogP contribution < -0.4 is 5.32 Å². The first-order valence-corrected chi connectivity index (χ1v) is 6.13. The van der Waals surface area contributed by atoms with Crippen molar-refractivity contribution in [2.45, 2.75) is 32.5 Å². The molecule has 2 rings (SSSR count). The Kier molecular flexibility index (Phi) is 2.92. The highest BCUT2D eigenvalue weighted by molar-refractivity contribution is 9.10. The maximum Gasteiger partial charge on any atom is 0.416 e. The van der Waals surface area contributed by atoms with Crippen molar-refractivity contribution < 1.29 is 13.2 Å². The molecule has 94 valence electrons. The maximum atomic E-state index is 12.5. The van der Waals surface area contributed by atoms with Gasteiger partial charge in [0.25, 0.3) is 0 Å². The van der Waals surface area contributed by atoms with E-state index in [0.29, 0.717) is 16.2 Å². The molecule has 0 aromatic heterocycles. The molecule has 1 aromatic rings. The number of anilines is 1. The van der Waals surface area contributed by atoms with E-state index in [1.807, 2.05) is 0 Å². The lowest BCUT2D eigenvalue weighted by Gasteiger charge is -2.13. The molecule has 0 spiro atoms. The summed E-state index contributed by atoms with van der Waals surface area (Å²) in [6.07, 6.45) is -3.25. The van der Waals surface area contributed by atoms with Gasteiger partial charge in [0.15, 0.2) is 0 Å². The van der Waals surface area contributed by atoms with Crippen LogP contribution in [0.4, 0.5) is 18.9 Å². The summed E-state index contributed by atoms with van der Waals surface area (Å²) in [5, 5.41) is 3.24. The summed E-state index contributed by atoms with van der Waals surface area (Å²) in [6.45, 7) is 4.26. The lowest BCUT2D eigenvalue weighted by Crippen LogP contribution is -2.10. The molecular formula is C12H13BrF3N. The molecular weight excluding hydrogens is 295 g/mol. The Labute approximate surface area is 107 Å². The van der Waals surface area contributed by atoms with E-state index < -0.39 is 11.7 Å². The molecule has 1 aromatic carbocycles. The zero-order valence-electron chi connectivity index (χ0n) is 9.53. The Morgan fingerprint density at radius 1 is 1.35 bits per heavy atom. The van der Waals surface area contributed by atoms with E-state index in [9.17, 15) is 13.2 Å². The number of hydrogen-bond donors (Lipinski definition) is 1. The van der Waals surface area contributed by atoms with Crippen molar-refractivity contribution in [3.05, 3.63) is 28.2 Å². The van der Waals surface area contributed by atoms with Gasteiger partial charge in [-0.1, -0.05) is 13.8 Å². The molecule has 1 fully saturated rings. The van der Waals surface area contributed by atoms with Gasteiger partial charge < -0.3 is 5.32 Å². The van der Waals surface area contributed by atoms with Gasteiger partial charge in [-0.2, -0.15) is 13.2 Å². The molecule has 1 unspecified atom stereocenters. The van der Waals surface area contributed by atoms with Crippen molar-refractivity contribution in [1.29, 1.82) is 0 Å². The van der Waals surface area contributed by atoms with Gasteiger partial charge in [0.05, 0.1) is 5.56 Å². The zero-order valence-corrected chi connectivity index (χ0v) is 11.1. The van der Waals surface area contributed by atoms with Gasteiger partial charge in [-0.3, -0.25) is 0 Å². The molecule has 0 amide bonds. The fourth-order valence-electron chi connectivity index (χ4n) is 1.71. The lowest BCUT2D eigenvalue weighted by molar-refractivity contribution is -0.137. The van der Waals surface area contributed by atoms with Crippen LogP contribution in [0.15, 0.2) is 22.7 Å². The largest absolute Gasteiger partial charge is 0.416 e. The van der Waals surface area contributed by atoms with Crippen LogP contribution in [-0.4, -0.2) is 6.04 Å². The van der Waals surface area contributed by atoms with E-state index in [0.717, 1.165) is 18.6 Å². The van der Waals surface area contributed by atoms with Crippen LogP contribution in [0.1, 0.15) is 25.8 Å². The molecule has 0 bridgehead atoms. The molecule has 1 atom stereocenters. The summed E-state index contributed by atoms with van der Waals surface area (Å²) < 4.78 is 37.8. The minimum absolute atomic E-state index is 0.238. The van der Waals surface area contributed by atoms with Crippen LogP contribution in [0.2, 0.25) is 0 Å². The second kappa shape index (κ2) is 3.90. The molecule has 1 aliphatic rings. The first-order chi connectivity index (χ1) is 7.70. The minimum atomic E-state index is -4.29. The van der Waals surface area contributed by atoms with Crippen LogP contribution in [-0.2, 0) is 6.18 Å². The third-order valence-electron chi connectivity index (χ3n) is 3.14. The quantitative estimate of drug-likeness (QED) is 0.836. The molecule has 0 heterocycles. The van der Waals surface area contributed by atoms with E-state index in [4.69, 9.17) is 0 Å².